The third-order valence-corrected chi connectivity index (χ3v) is 2.44. The van der Waals surface area contributed by atoms with E-state index in [1.807, 2.05) is 0 Å². The Hall–Kier alpha value is -1.32. The second-order valence-electron chi connectivity index (χ2n) is 4.21. The van der Waals surface area contributed by atoms with E-state index >= 15 is 0 Å². The molecule has 0 bridgehead atoms. The number of unbranched alkanes of at least 4 members (excludes halogenated alkanes) is 4. The molecule has 18 heavy (non-hydrogen) atoms. The molecule has 0 aromatic carbocycles. The highest BCUT2D eigenvalue weighted by Gasteiger charge is 1.99. The molecule has 104 valence electrons. The van der Waals surface area contributed by atoms with Gasteiger partial charge in [-0.1, -0.05) is 39.5 Å². The van der Waals surface area contributed by atoms with E-state index in [9.17, 15) is 9.59 Å². The van der Waals surface area contributed by atoms with Gasteiger partial charge in [0.05, 0.1) is 6.61 Å². The summed E-state index contributed by atoms with van der Waals surface area (Å²) < 4.78 is 4.96. The van der Waals surface area contributed by atoms with Gasteiger partial charge >= 0.3 is 5.97 Å². The van der Waals surface area contributed by atoms with Crippen molar-refractivity contribution in [3.63, 3.8) is 0 Å². The van der Waals surface area contributed by atoms with E-state index in [2.05, 4.69) is 19.2 Å². The molecule has 0 radical (unpaired) electrons. The smallest absolute Gasteiger partial charge is 0.330 e. The molecule has 0 rings (SSSR count). The van der Waals surface area contributed by atoms with Gasteiger partial charge in [0.1, 0.15) is 0 Å². The van der Waals surface area contributed by atoms with Gasteiger partial charge in [0, 0.05) is 18.7 Å². The van der Waals surface area contributed by atoms with Gasteiger partial charge in [0.15, 0.2) is 0 Å². The largest absolute Gasteiger partial charge is 0.463 e. The number of carbonyl (C=O) groups excluding carboxylic acids is 2. The molecule has 1 amide bonds. The van der Waals surface area contributed by atoms with Crippen LogP contribution in [-0.4, -0.2) is 25.0 Å². The van der Waals surface area contributed by atoms with Gasteiger partial charge in [-0.25, -0.2) is 4.79 Å². The summed E-state index contributed by atoms with van der Waals surface area (Å²) in [4.78, 5) is 22.5. The summed E-state index contributed by atoms with van der Waals surface area (Å²) in [5.74, 6) is -0.691. The zero-order valence-electron chi connectivity index (χ0n) is 11.5. The fraction of sp³-hybridized carbons (Fsp3) is 0.714. The van der Waals surface area contributed by atoms with Crippen LogP contribution in [0.3, 0.4) is 0 Å². The zero-order valence-corrected chi connectivity index (χ0v) is 11.5. The number of esters is 1. The molecule has 0 saturated heterocycles. The Bertz CT molecular complexity index is 262. The second kappa shape index (κ2) is 12.1. The molecule has 0 heterocycles. The molecule has 0 aromatic heterocycles. The number of hydrogen-bond acceptors (Lipinski definition) is 3. The van der Waals surface area contributed by atoms with Gasteiger partial charge in [-0.05, 0) is 12.8 Å². The Balaban J connectivity index is 3.57. The number of carbonyl (C=O) groups is 2. The van der Waals surface area contributed by atoms with Crippen molar-refractivity contribution in [2.24, 2.45) is 0 Å². The fourth-order valence-electron chi connectivity index (χ4n) is 1.34. The first kappa shape index (κ1) is 16.7. The van der Waals surface area contributed by atoms with Crippen molar-refractivity contribution in [3.8, 4) is 0 Å². The Morgan fingerprint density at radius 2 is 1.72 bits per heavy atom. The van der Waals surface area contributed by atoms with Crippen LogP contribution in [0.15, 0.2) is 12.2 Å². The number of ether oxygens (including phenoxy) is 1. The number of rotatable bonds is 10. The van der Waals surface area contributed by atoms with Crippen molar-refractivity contribution >= 4 is 11.9 Å². The lowest BCUT2D eigenvalue weighted by atomic mass is 10.2. The average molecular weight is 255 g/mol. The third kappa shape index (κ3) is 11.2. The summed E-state index contributed by atoms with van der Waals surface area (Å²) in [5.41, 5.74) is 0. The highest BCUT2D eigenvalue weighted by molar-refractivity contribution is 5.94. The Morgan fingerprint density at radius 1 is 1.00 bits per heavy atom. The van der Waals surface area contributed by atoms with Gasteiger partial charge < -0.3 is 10.1 Å². The van der Waals surface area contributed by atoms with Crippen molar-refractivity contribution < 1.29 is 14.3 Å². The molecule has 0 aliphatic carbocycles. The Labute approximate surface area is 110 Å². The standard InChI is InChI=1S/C14H25NO3/c1-3-5-7-8-12-18-14(17)10-9-13(16)15-11-6-4-2/h9-10H,3-8,11-12H2,1-2H3,(H,15,16)/b10-9-. The van der Waals surface area contributed by atoms with E-state index in [4.69, 9.17) is 4.74 Å². The molecule has 0 aromatic rings. The molecular weight excluding hydrogens is 230 g/mol. The van der Waals surface area contributed by atoms with E-state index < -0.39 is 5.97 Å². The second-order valence-corrected chi connectivity index (χ2v) is 4.21. The monoisotopic (exact) mass is 255 g/mol. The quantitative estimate of drug-likeness (QED) is 0.371. The first-order valence-corrected chi connectivity index (χ1v) is 6.83. The lowest BCUT2D eigenvalue weighted by Crippen LogP contribution is -2.22. The van der Waals surface area contributed by atoms with Crippen LogP contribution in [0.25, 0.3) is 0 Å². The maximum Gasteiger partial charge on any atom is 0.330 e. The molecule has 4 nitrogen and oxygen atoms in total. The van der Waals surface area contributed by atoms with Crippen LogP contribution in [0, 0.1) is 0 Å². The molecule has 0 fully saturated rings. The minimum atomic E-state index is -0.447. The summed E-state index contributed by atoms with van der Waals surface area (Å²) in [5, 5.41) is 2.69. The number of nitrogens with one attached hydrogen (secondary N) is 1. The number of amides is 1. The normalized spacial score (nSPS) is 10.6. The predicted molar refractivity (Wildman–Crippen MR) is 72.2 cm³/mol. The molecule has 0 spiro atoms. The van der Waals surface area contributed by atoms with E-state index in [-0.39, 0.29) is 5.91 Å². The molecule has 0 saturated carbocycles. The van der Waals surface area contributed by atoms with Gasteiger partial charge in [-0.3, -0.25) is 4.79 Å². The molecule has 1 N–H and O–H groups in total. The van der Waals surface area contributed by atoms with Crippen LogP contribution in [-0.2, 0) is 14.3 Å². The third-order valence-electron chi connectivity index (χ3n) is 2.44. The average Bonchev–Trinajstić information content (AvgIpc) is 2.36. The number of hydrogen-bond donors (Lipinski definition) is 1. The van der Waals surface area contributed by atoms with Crippen LogP contribution in [0.5, 0.6) is 0 Å². The molecule has 0 aliphatic rings. The molecule has 0 atom stereocenters. The van der Waals surface area contributed by atoms with Gasteiger partial charge in [0.25, 0.3) is 0 Å². The topological polar surface area (TPSA) is 55.4 Å². The van der Waals surface area contributed by atoms with Crippen LogP contribution in [0.1, 0.15) is 52.4 Å². The van der Waals surface area contributed by atoms with Gasteiger partial charge in [-0.2, -0.15) is 0 Å². The van der Waals surface area contributed by atoms with Crippen LogP contribution in [0.2, 0.25) is 0 Å². The lowest BCUT2D eigenvalue weighted by Gasteiger charge is -2.01. The fourth-order valence-corrected chi connectivity index (χ4v) is 1.34. The first-order valence-electron chi connectivity index (χ1n) is 6.83. The summed E-state index contributed by atoms with van der Waals surface area (Å²) in [6, 6.07) is 0. The highest BCUT2D eigenvalue weighted by Crippen LogP contribution is 1.99. The molecule has 0 aliphatic heterocycles. The van der Waals surface area contributed by atoms with Crippen LogP contribution >= 0.6 is 0 Å². The first-order chi connectivity index (χ1) is 8.70. The Kier molecular flexibility index (Phi) is 11.3. The maximum absolute atomic E-state index is 11.2. The lowest BCUT2D eigenvalue weighted by molar-refractivity contribution is -0.138. The van der Waals surface area contributed by atoms with Crippen molar-refractivity contribution in [1.29, 1.82) is 0 Å². The minimum absolute atomic E-state index is 0.244. The minimum Gasteiger partial charge on any atom is -0.463 e. The molecule has 4 heteroatoms. The van der Waals surface area contributed by atoms with Crippen LogP contribution < -0.4 is 5.32 Å². The molecular formula is C14H25NO3. The zero-order chi connectivity index (χ0) is 13.6. The maximum atomic E-state index is 11.2. The Morgan fingerprint density at radius 3 is 2.39 bits per heavy atom. The predicted octanol–water partition coefficient (Wildman–Crippen LogP) is 2.58. The van der Waals surface area contributed by atoms with Crippen molar-refractivity contribution in [1.82, 2.24) is 5.32 Å². The summed E-state index contributed by atoms with van der Waals surface area (Å²) in [6.07, 6.45) is 8.66. The molecule has 0 unspecified atom stereocenters. The van der Waals surface area contributed by atoms with E-state index in [1.54, 1.807) is 0 Å². The van der Waals surface area contributed by atoms with Gasteiger partial charge in [0.2, 0.25) is 5.91 Å². The van der Waals surface area contributed by atoms with Crippen molar-refractivity contribution in [3.05, 3.63) is 12.2 Å². The van der Waals surface area contributed by atoms with Crippen LogP contribution in [0.4, 0.5) is 0 Å². The summed E-state index contributed by atoms with van der Waals surface area (Å²) >= 11 is 0. The SMILES string of the molecule is CCCCCCOC(=O)/C=C\C(=O)NCCCC. The van der Waals surface area contributed by atoms with E-state index in [1.165, 1.54) is 12.2 Å². The summed E-state index contributed by atoms with van der Waals surface area (Å²) in [6.45, 7) is 5.26. The van der Waals surface area contributed by atoms with Gasteiger partial charge in [-0.15, -0.1) is 0 Å². The summed E-state index contributed by atoms with van der Waals surface area (Å²) in [7, 11) is 0. The highest BCUT2D eigenvalue weighted by atomic mass is 16.5. The van der Waals surface area contributed by atoms with E-state index in [0.717, 1.165) is 38.5 Å². The van der Waals surface area contributed by atoms with Crippen molar-refractivity contribution in [2.75, 3.05) is 13.2 Å². The van der Waals surface area contributed by atoms with E-state index in [0.29, 0.717) is 13.2 Å². The van der Waals surface area contributed by atoms with Crippen molar-refractivity contribution in [2.45, 2.75) is 52.4 Å².